The van der Waals surface area contributed by atoms with Crippen LogP contribution in [-0.4, -0.2) is 38.0 Å². The van der Waals surface area contributed by atoms with Crippen LogP contribution in [0, 0.1) is 5.92 Å². The molecular formula is C14H16N2O3. The van der Waals surface area contributed by atoms with E-state index in [0.29, 0.717) is 13.2 Å². The predicted molar refractivity (Wildman–Crippen MR) is 71.2 cm³/mol. The smallest absolute Gasteiger partial charge is 0.243 e. The van der Waals surface area contributed by atoms with E-state index in [9.17, 15) is 9.59 Å². The minimum Gasteiger partial charge on any atom is -0.381 e. The Morgan fingerprint density at radius 3 is 3.05 bits per heavy atom. The summed E-state index contributed by atoms with van der Waals surface area (Å²) >= 11 is 0. The number of hydrogen-bond donors (Lipinski definition) is 1. The third-order valence-electron chi connectivity index (χ3n) is 3.59. The lowest BCUT2D eigenvalue weighted by atomic mass is 10.0. The van der Waals surface area contributed by atoms with E-state index in [2.05, 4.69) is 5.32 Å². The number of para-hydroxylation sites is 2. The van der Waals surface area contributed by atoms with Crippen molar-refractivity contribution in [2.45, 2.75) is 6.42 Å². The molecule has 1 aromatic rings. The van der Waals surface area contributed by atoms with Crippen LogP contribution in [0.15, 0.2) is 24.3 Å². The normalized spacial score (nSPS) is 22.0. The Bertz CT molecular complexity index is 509. The van der Waals surface area contributed by atoms with Crippen molar-refractivity contribution in [3.05, 3.63) is 24.3 Å². The second-order valence-electron chi connectivity index (χ2n) is 4.95. The average Bonchev–Trinajstić information content (AvgIpc) is 2.92. The monoisotopic (exact) mass is 260 g/mol. The fourth-order valence-corrected chi connectivity index (χ4v) is 2.55. The van der Waals surface area contributed by atoms with Crippen molar-refractivity contribution in [3.8, 4) is 0 Å². The van der Waals surface area contributed by atoms with E-state index in [1.54, 1.807) is 0 Å². The summed E-state index contributed by atoms with van der Waals surface area (Å²) in [5, 5.41) is 2.82. The molecule has 1 amide bonds. The number of Topliss-reactive ketones (excluding diaryl/α,β-unsaturated/α-hetero) is 1. The number of ketones is 1. The Balaban J connectivity index is 1.77. The van der Waals surface area contributed by atoms with Gasteiger partial charge in [0.15, 0.2) is 5.78 Å². The predicted octanol–water partition coefficient (Wildman–Crippen LogP) is 1.05. The van der Waals surface area contributed by atoms with Gasteiger partial charge in [0.2, 0.25) is 5.91 Å². The maximum absolute atomic E-state index is 12.2. The first kappa shape index (κ1) is 12.2. The molecule has 0 aromatic heterocycles. The maximum Gasteiger partial charge on any atom is 0.243 e. The van der Waals surface area contributed by atoms with E-state index >= 15 is 0 Å². The van der Waals surface area contributed by atoms with Crippen molar-refractivity contribution in [1.82, 2.24) is 0 Å². The van der Waals surface area contributed by atoms with Crippen LogP contribution < -0.4 is 10.2 Å². The number of nitrogens with one attached hydrogen (secondary N) is 1. The van der Waals surface area contributed by atoms with Crippen molar-refractivity contribution >= 4 is 23.1 Å². The molecule has 2 aliphatic heterocycles. The number of carbonyl (C=O) groups excluding carboxylic acids is 2. The molecule has 0 spiro atoms. The van der Waals surface area contributed by atoms with Crippen LogP contribution in [0.4, 0.5) is 11.4 Å². The molecule has 0 bridgehead atoms. The number of anilines is 2. The summed E-state index contributed by atoms with van der Waals surface area (Å²) in [6, 6.07) is 7.55. The zero-order chi connectivity index (χ0) is 13.2. The van der Waals surface area contributed by atoms with Gasteiger partial charge in [0.05, 0.1) is 31.1 Å². The van der Waals surface area contributed by atoms with Gasteiger partial charge in [0, 0.05) is 12.5 Å². The molecule has 0 radical (unpaired) electrons. The molecule has 1 atom stereocenters. The Morgan fingerprint density at radius 1 is 1.42 bits per heavy atom. The fourth-order valence-electron chi connectivity index (χ4n) is 2.55. The first-order valence-electron chi connectivity index (χ1n) is 6.48. The van der Waals surface area contributed by atoms with E-state index < -0.39 is 0 Å². The molecule has 2 heterocycles. The third kappa shape index (κ3) is 2.46. The maximum atomic E-state index is 12.2. The Morgan fingerprint density at radius 2 is 2.26 bits per heavy atom. The van der Waals surface area contributed by atoms with E-state index in [-0.39, 0.29) is 30.7 Å². The van der Waals surface area contributed by atoms with Crippen LogP contribution in [0.25, 0.3) is 0 Å². The van der Waals surface area contributed by atoms with Gasteiger partial charge in [-0.25, -0.2) is 0 Å². The lowest BCUT2D eigenvalue weighted by molar-refractivity contribution is -0.121. The van der Waals surface area contributed by atoms with Gasteiger partial charge < -0.3 is 15.0 Å². The van der Waals surface area contributed by atoms with E-state index in [1.807, 2.05) is 29.2 Å². The third-order valence-corrected chi connectivity index (χ3v) is 3.59. The highest BCUT2D eigenvalue weighted by Crippen LogP contribution is 2.29. The van der Waals surface area contributed by atoms with Crippen LogP contribution in [0.3, 0.4) is 0 Å². The quantitative estimate of drug-likeness (QED) is 0.882. The fraction of sp³-hybridized carbons (Fsp3) is 0.429. The van der Waals surface area contributed by atoms with Crippen LogP contribution in [-0.2, 0) is 14.3 Å². The van der Waals surface area contributed by atoms with Gasteiger partial charge in [-0.2, -0.15) is 0 Å². The lowest BCUT2D eigenvalue weighted by Crippen LogP contribution is -2.42. The largest absolute Gasteiger partial charge is 0.381 e. The van der Waals surface area contributed by atoms with Crippen molar-refractivity contribution < 1.29 is 14.3 Å². The molecule has 1 unspecified atom stereocenters. The minimum atomic E-state index is -0.0748. The van der Waals surface area contributed by atoms with E-state index in [0.717, 1.165) is 17.8 Å². The van der Waals surface area contributed by atoms with E-state index in [1.165, 1.54) is 0 Å². The number of hydrogen-bond acceptors (Lipinski definition) is 4. The summed E-state index contributed by atoms with van der Waals surface area (Å²) in [5.74, 6) is 0.0633. The molecular weight excluding hydrogens is 244 g/mol. The highest BCUT2D eigenvalue weighted by Gasteiger charge is 2.28. The number of carbonyl (C=O) groups is 2. The number of amides is 1. The number of ether oxygens (including phenoxy) is 1. The van der Waals surface area contributed by atoms with Gasteiger partial charge in [-0.05, 0) is 18.6 Å². The number of benzene rings is 1. The Kier molecular flexibility index (Phi) is 3.21. The highest BCUT2D eigenvalue weighted by atomic mass is 16.5. The molecule has 5 heteroatoms. The molecule has 1 N–H and O–H groups in total. The molecule has 1 fully saturated rings. The molecule has 100 valence electrons. The van der Waals surface area contributed by atoms with Gasteiger partial charge in [-0.3, -0.25) is 9.59 Å². The van der Waals surface area contributed by atoms with Crippen molar-refractivity contribution in [3.63, 3.8) is 0 Å². The van der Waals surface area contributed by atoms with Crippen molar-refractivity contribution in [2.75, 3.05) is 36.5 Å². The summed E-state index contributed by atoms with van der Waals surface area (Å²) in [5.41, 5.74) is 1.68. The molecule has 3 rings (SSSR count). The summed E-state index contributed by atoms with van der Waals surface area (Å²) in [4.78, 5) is 25.7. The molecule has 0 aliphatic carbocycles. The molecule has 0 saturated carbocycles. The first-order chi connectivity index (χ1) is 9.24. The minimum absolute atomic E-state index is 0.0165. The molecule has 19 heavy (non-hydrogen) atoms. The topological polar surface area (TPSA) is 58.6 Å². The number of fused-ring (bicyclic) bond motifs is 1. The SMILES string of the molecule is O=C1CN(CC(=O)C2CCOC2)c2ccccc2N1. The molecule has 5 nitrogen and oxygen atoms in total. The van der Waals surface area contributed by atoms with Gasteiger partial charge >= 0.3 is 0 Å². The molecule has 1 saturated heterocycles. The van der Waals surface area contributed by atoms with Crippen molar-refractivity contribution in [2.24, 2.45) is 5.92 Å². The summed E-state index contributed by atoms with van der Waals surface area (Å²) in [6.07, 6.45) is 0.792. The zero-order valence-corrected chi connectivity index (χ0v) is 10.6. The van der Waals surface area contributed by atoms with Crippen LogP contribution in [0.5, 0.6) is 0 Å². The number of nitrogens with zero attached hydrogens (tertiary/aromatic N) is 1. The van der Waals surface area contributed by atoms with Gasteiger partial charge in [-0.15, -0.1) is 0 Å². The first-order valence-corrected chi connectivity index (χ1v) is 6.48. The second-order valence-corrected chi connectivity index (χ2v) is 4.95. The second kappa shape index (κ2) is 5.01. The standard InChI is InChI=1S/C14H16N2O3/c17-13(10-5-6-19-9-10)7-16-8-14(18)15-11-3-1-2-4-12(11)16/h1-4,10H,5-9H2,(H,15,18). The van der Waals surface area contributed by atoms with Crippen molar-refractivity contribution in [1.29, 1.82) is 0 Å². The lowest BCUT2D eigenvalue weighted by Gasteiger charge is -2.30. The number of rotatable bonds is 3. The van der Waals surface area contributed by atoms with Gasteiger partial charge in [-0.1, -0.05) is 12.1 Å². The summed E-state index contributed by atoms with van der Waals surface area (Å²) in [6.45, 7) is 1.68. The molecule has 2 aliphatic rings. The van der Waals surface area contributed by atoms with Crippen LogP contribution >= 0.6 is 0 Å². The zero-order valence-electron chi connectivity index (χ0n) is 10.6. The summed E-state index contributed by atoms with van der Waals surface area (Å²) < 4.78 is 5.24. The highest BCUT2D eigenvalue weighted by molar-refractivity contribution is 6.02. The Labute approximate surface area is 111 Å². The van der Waals surface area contributed by atoms with E-state index in [4.69, 9.17) is 4.74 Å². The molecule has 1 aromatic carbocycles. The van der Waals surface area contributed by atoms with Crippen LogP contribution in [0.1, 0.15) is 6.42 Å². The van der Waals surface area contributed by atoms with Gasteiger partial charge in [0.1, 0.15) is 0 Å². The Hall–Kier alpha value is -1.88. The summed E-state index contributed by atoms with van der Waals surface area (Å²) in [7, 11) is 0. The average molecular weight is 260 g/mol. The van der Waals surface area contributed by atoms with Gasteiger partial charge in [0.25, 0.3) is 0 Å². The van der Waals surface area contributed by atoms with Crippen LogP contribution in [0.2, 0.25) is 0 Å².